The number of nitro groups is 1. The molecule has 1 amide bonds. The molecule has 0 atom stereocenters. The molecule has 1 aromatic rings. The van der Waals surface area contributed by atoms with E-state index in [1.165, 1.54) is 23.1 Å². The number of nitrogens with zero attached hydrogens (tertiary/aromatic N) is 2. The molecule has 0 spiro atoms. The standard InChI is InChI=1S/C11H10N2O5/c14-5-1-4-12-9-6-8(13(16)17)2-3-10(9)18-7-11(12)15/h2-3,5-6H,1,4,7H2. The highest BCUT2D eigenvalue weighted by Gasteiger charge is 2.26. The Morgan fingerprint density at radius 1 is 1.50 bits per heavy atom. The van der Waals surface area contributed by atoms with Gasteiger partial charge in [-0.05, 0) is 6.07 Å². The first-order valence-electron chi connectivity index (χ1n) is 5.28. The van der Waals surface area contributed by atoms with Crippen LogP contribution in [0.2, 0.25) is 0 Å². The number of anilines is 1. The molecular weight excluding hydrogens is 240 g/mol. The summed E-state index contributed by atoms with van der Waals surface area (Å²) in [6.45, 7) is 0.0729. The predicted octanol–water partition coefficient (Wildman–Crippen LogP) is 0.909. The molecule has 18 heavy (non-hydrogen) atoms. The SMILES string of the molecule is O=CCCN1C(=O)COc2ccc([N+](=O)[O-])cc21. The third-order valence-corrected chi connectivity index (χ3v) is 2.57. The van der Waals surface area contributed by atoms with Gasteiger partial charge in [-0.1, -0.05) is 0 Å². The number of ether oxygens (including phenoxy) is 1. The van der Waals surface area contributed by atoms with Gasteiger partial charge in [0.05, 0.1) is 10.6 Å². The maximum absolute atomic E-state index is 11.7. The quantitative estimate of drug-likeness (QED) is 0.450. The minimum absolute atomic E-state index is 0.121. The summed E-state index contributed by atoms with van der Waals surface area (Å²) < 4.78 is 5.18. The second-order valence-corrected chi connectivity index (χ2v) is 3.70. The molecule has 0 aliphatic carbocycles. The van der Waals surface area contributed by atoms with E-state index in [-0.39, 0.29) is 31.2 Å². The van der Waals surface area contributed by atoms with Gasteiger partial charge in [-0.3, -0.25) is 14.9 Å². The number of carbonyl (C=O) groups excluding carboxylic acids is 2. The zero-order valence-corrected chi connectivity index (χ0v) is 9.37. The molecule has 7 heteroatoms. The van der Waals surface area contributed by atoms with Crippen molar-refractivity contribution in [1.82, 2.24) is 0 Å². The second-order valence-electron chi connectivity index (χ2n) is 3.70. The number of hydrogen-bond acceptors (Lipinski definition) is 5. The summed E-state index contributed by atoms with van der Waals surface area (Å²) in [5.41, 5.74) is 0.213. The van der Waals surface area contributed by atoms with Gasteiger partial charge in [-0.25, -0.2) is 0 Å². The molecule has 0 radical (unpaired) electrons. The lowest BCUT2D eigenvalue weighted by Crippen LogP contribution is -2.39. The molecule has 0 unspecified atom stereocenters. The summed E-state index contributed by atoms with van der Waals surface area (Å²) in [5, 5.41) is 10.7. The van der Waals surface area contributed by atoms with E-state index >= 15 is 0 Å². The van der Waals surface area contributed by atoms with Crippen LogP contribution in [0.3, 0.4) is 0 Å². The predicted molar refractivity (Wildman–Crippen MR) is 61.6 cm³/mol. The fraction of sp³-hybridized carbons (Fsp3) is 0.273. The molecule has 7 nitrogen and oxygen atoms in total. The Hall–Kier alpha value is -2.44. The van der Waals surface area contributed by atoms with E-state index < -0.39 is 4.92 Å². The van der Waals surface area contributed by atoms with E-state index in [1.54, 1.807) is 0 Å². The Morgan fingerprint density at radius 3 is 2.94 bits per heavy atom. The van der Waals surface area contributed by atoms with Gasteiger partial charge in [-0.2, -0.15) is 0 Å². The Balaban J connectivity index is 2.39. The lowest BCUT2D eigenvalue weighted by molar-refractivity contribution is -0.384. The molecule has 1 heterocycles. The van der Waals surface area contributed by atoms with Crippen LogP contribution < -0.4 is 9.64 Å². The molecule has 0 N–H and O–H groups in total. The normalized spacial score (nSPS) is 13.8. The van der Waals surface area contributed by atoms with Gasteiger partial charge in [0.15, 0.2) is 6.61 Å². The molecule has 1 aromatic carbocycles. The summed E-state index contributed by atoms with van der Waals surface area (Å²) in [7, 11) is 0. The lowest BCUT2D eigenvalue weighted by Gasteiger charge is -2.28. The Labute approximate surface area is 102 Å². The smallest absolute Gasteiger partial charge is 0.271 e. The third-order valence-electron chi connectivity index (χ3n) is 2.57. The zero-order chi connectivity index (χ0) is 13.1. The van der Waals surface area contributed by atoms with Crippen LogP contribution in [0.15, 0.2) is 18.2 Å². The Morgan fingerprint density at radius 2 is 2.28 bits per heavy atom. The van der Waals surface area contributed by atoms with Gasteiger partial charge in [0, 0.05) is 25.1 Å². The monoisotopic (exact) mass is 250 g/mol. The average Bonchev–Trinajstić information content (AvgIpc) is 2.37. The van der Waals surface area contributed by atoms with Crippen LogP contribution in [0.1, 0.15) is 6.42 Å². The highest BCUT2D eigenvalue weighted by Crippen LogP contribution is 2.35. The van der Waals surface area contributed by atoms with E-state index in [0.29, 0.717) is 17.7 Å². The van der Waals surface area contributed by atoms with Crippen molar-refractivity contribution < 1.29 is 19.2 Å². The number of amides is 1. The highest BCUT2D eigenvalue weighted by molar-refractivity contribution is 5.98. The van der Waals surface area contributed by atoms with Crippen molar-refractivity contribution in [3.63, 3.8) is 0 Å². The summed E-state index contributed by atoms with van der Waals surface area (Å²) in [6, 6.07) is 4.04. The molecule has 0 aromatic heterocycles. The van der Waals surface area contributed by atoms with Crippen LogP contribution in [0.5, 0.6) is 5.75 Å². The topological polar surface area (TPSA) is 89.8 Å². The fourth-order valence-electron chi connectivity index (χ4n) is 1.73. The third kappa shape index (κ3) is 2.15. The summed E-state index contributed by atoms with van der Waals surface area (Å²) in [4.78, 5) is 33.5. The number of aldehydes is 1. The minimum atomic E-state index is -0.544. The largest absolute Gasteiger partial charge is 0.482 e. The van der Waals surface area contributed by atoms with Gasteiger partial charge in [-0.15, -0.1) is 0 Å². The van der Waals surface area contributed by atoms with Crippen LogP contribution in [-0.2, 0) is 9.59 Å². The van der Waals surface area contributed by atoms with Crippen LogP contribution in [0.4, 0.5) is 11.4 Å². The Bertz CT molecular complexity index is 514. The van der Waals surface area contributed by atoms with Crippen molar-refractivity contribution in [3.8, 4) is 5.75 Å². The average molecular weight is 250 g/mol. The molecular formula is C11H10N2O5. The molecule has 94 valence electrons. The maximum atomic E-state index is 11.7. The van der Waals surface area contributed by atoms with Crippen molar-refractivity contribution in [2.24, 2.45) is 0 Å². The van der Waals surface area contributed by atoms with Gasteiger partial charge in [0.25, 0.3) is 11.6 Å². The number of rotatable bonds is 4. The summed E-state index contributed by atoms with van der Waals surface area (Å²) in [6.07, 6.45) is 0.869. The second kappa shape index (κ2) is 4.82. The molecule has 1 aliphatic rings. The number of nitro benzene ring substituents is 1. The van der Waals surface area contributed by atoms with Crippen LogP contribution in [0, 0.1) is 10.1 Å². The molecule has 0 saturated heterocycles. The van der Waals surface area contributed by atoms with E-state index in [9.17, 15) is 19.7 Å². The van der Waals surface area contributed by atoms with Crippen molar-refractivity contribution in [3.05, 3.63) is 28.3 Å². The molecule has 1 aliphatic heterocycles. The molecule has 0 fully saturated rings. The lowest BCUT2D eigenvalue weighted by atomic mass is 10.2. The van der Waals surface area contributed by atoms with Gasteiger partial charge in [0.2, 0.25) is 0 Å². The number of non-ortho nitro benzene ring substituents is 1. The molecule has 2 rings (SSSR count). The fourth-order valence-corrected chi connectivity index (χ4v) is 1.73. The van der Waals surface area contributed by atoms with E-state index in [0.717, 1.165) is 0 Å². The van der Waals surface area contributed by atoms with Gasteiger partial charge < -0.3 is 14.4 Å². The number of carbonyl (C=O) groups is 2. The summed E-state index contributed by atoms with van der Waals surface area (Å²) in [5.74, 6) is 0.0935. The van der Waals surface area contributed by atoms with Crippen molar-refractivity contribution >= 4 is 23.6 Å². The number of hydrogen-bond donors (Lipinski definition) is 0. The number of benzene rings is 1. The summed E-state index contributed by atoms with van der Waals surface area (Å²) >= 11 is 0. The van der Waals surface area contributed by atoms with Crippen LogP contribution in [0.25, 0.3) is 0 Å². The van der Waals surface area contributed by atoms with Gasteiger partial charge in [0.1, 0.15) is 12.0 Å². The van der Waals surface area contributed by atoms with E-state index in [4.69, 9.17) is 4.74 Å². The molecule has 0 bridgehead atoms. The van der Waals surface area contributed by atoms with Crippen molar-refractivity contribution in [2.45, 2.75) is 6.42 Å². The zero-order valence-electron chi connectivity index (χ0n) is 9.37. The Kier molecular flexibility index (Phi) is 3.22. The van der Waals surface area contributed by atoms with Crippen LogP contribution in [-0.4, -0.2) is 30.3 Å². The first kappa shape index (κ1) is 12.0. The van der Waals surface area contributed by atoms with Crippen molar-refractivity contribution in [1.29, 1.82) is 0 Å². The minimum Gasteiger partial charge on any atom is -0.482 e. The number of fused-ring (bicyclic) bond motifs is 1. The maximum Gasteiger partial charge on any atom is 0.271 e. The molecule has 0 saturated carbocycles. The van der Waals surface area contributed by atoms with E-state index in [2.05, 4.69) is 0 Å². The van der Waals surface area contributed by atoms with Gasteiger partial charge >= 0.3 is 0 Å². The highest BCUT2D eigenvalue weighted by atomic mass is 16.6. The van der Waals surface area contributed by atoms with Crippen LogP contribution >= 0.6 is 0 Å². The first-order chi connectivity index (χ1) is 8.63. The first-order valence-corrected chi connectivity index (χ1v) is 5.28. The van der Waals surface area contributed by atoms with E-state index in [1.807, 2.05) is 0 Å². The van der Waals surface area contributed by atoms with Crippen molar-refractivity contribution in [2.75, 3.05) is 18.1 Å².